The van der Waals surface area contributed by atoms with Crippen LogP contribution in [0.15, 0.2) is 76.4 Å². The van der Waals surface area contributed by atoms with Crippen LogP contribution in [-0.4, -0.2) is 36.7 Å². The molecule has 184 valence electrons. The van der Waals surface area contributed by atoms with Gasteiger partial charge in [-0.3, -0.25) is 4.98 Å². The lowest BCUT2D eigenvalue weighted by Crippen LogP contribution is -2.15. The lowest BCUT2D eigenvalue weighted by atomic mass is 10.0. The normalized spacial score (nSPS) is 14.9. The van der Waals surface area contributed by atoms with Crippen molar-refractivity contribution in [2.45, 2.75) is 25.7 Å². The zero-order valence-corrected chi connectivity index (χ0v) is 21.4. The van der Waals surface area contributed by atoms with Crippen molar-refractivity contribution >= 4 is 22.7 Å². The third-order valence-electron chi connectivity index (χ3n) is 6.18. The third-order valence-corrected chi connectivity index (χ3v) is 6.99. The molecule has 0 radical (unpaired) electrons. The maximum Gasteiger partial charge on any atom is 0.211 e. The zero-order valence-electron chi connectivity index (χ0n) is 20.6. The van der Waals surface area contributed by atoms with Crippen molar-refractivity contribution in [3.05, 3.63) is 82.2 Å². The van der Waals surface area contributed by atoms with Crippen molar-refractivity contribution in [3.63, 3.8) is 0 Å². The van der Waals surface area contributed by atoms with Crippen LogP contribution >= 0.6 is 11.3 Å². The first-order valence-electron chi connectivity index (χ1n) is 11.8. The first kappa shape index (κ1) is 23.8. The van der Waals surface area contributed by atoms with Gasteiger partial charge in [-0.15, -0.1) is 11.3 Å². The van der Waals surface area contributed by atoms with E-state index < -0.39 is 0 Å². The predicted octanol–water partition coefficient (Wildman–Crippen LogP) is 5.85. The first-order chi connectivity index (χ1) is 17.7. The molecule has 0 bridgehead atoms. The summed E-state index contributed by atoms with van der Waals surface area (Å²) in [7, 11) is 4.84. The van der Waals surface area contributed by atoms with Gasteiger partial charge >= 0.3 is 0 Å². The molecule has 0 spiro atoms. The fourth-order valence-electron chi connectivity index (χ4n) is 4.42. The summed E-state index contributed by atoms with van der Waals surface area (Å²) in [4.78, 5) is 9.84. The second-order valence-corrected chi connectivity index (χ2v) is 9.20. The van der Waals surface area contributed by atoms with Crippen molar-refractivity contribution in [1.29, 1.82) is 0 Å². The molecule has 4 aromatic rings. The van der Waals surface area contributed by atoms with Crippen molar-refractivity contribution < 1.29 is 14.2 Å². The van der Waals surface area contributed by atoms with Crippen LogP contribution in [0.1, 0.15) is 30.4 Å². The lowest BCUT2D eigenvalue weighted by molar-refractivity contribution is 0.324. The average molecular weight is 501 g/mol. The second kappa shape index (κ2) is 10.8. The Kier molecular flexibility index (Phi) is 7.13. The van der Waals surface area contributed by atoms with Gasteiger partial charge in [0.25, 0.3) is 0 Å². The molecule has 0 unspecified atom stereocenters. The maximum atomic E-state index is 5.62. The Bertz CT molecular complexity index is 1430. The Labute approximate surface area is 214 Å². The van der Waals surface area contributed by atoms with Crippen LogP contribution in [-0.2, 0) is 6.42 Å². The van der Waals surface area contributed by atoms with Gasteiger partial charge in [0.1, 0.15) is 0 Å². The molecule has 0 amide bonds. The number of ether oxygens (including phenoxy) is 3. The Morgan fingerprint density at radius 1 is 0.917 bits per heavy atom. The molecule has 8 heteroatoms. The standard InChI is InChI=1S/C28H28N4O3S/c1-33-25-15-20(16-26(34-2)27(25)35-3)24-18-36-28(30-21-11-8-14-29-17-21)32(24)31-23-13-7-5-10-19-9-4-6-12-22(19)23/h4,6,8-9,11-12,14-18H,5,7,10,13H2,1-3H3. The summed E-state index contributed by atoms with van der Waals surface area (Å²) < 4.78 is 18.7. The van der Waals surface area contributed by atoms with E-state index in [-0.39, 0.29) is 0 Å². The summed E-state index contributed by atoms with van der Waals surface area (Å²) in [6, 6.07) is 16.3. The van der Waals surface area contributed by atoms with E-state index in [4.69, 9.17) is 24.3 Å². The highest BCUT2D eigenvalue weighted by molar-refractivity contribution is 7.07. The van der Waals surface area contributed by atoms with Gasteiger partial charge in [0.2, 0.25) is 10.6 Å². The molecule has 0 N–H and O–H groups in total. The minimum atomic E-state index is 0.551. The molecule has 0 fully saturated rings. The predicted molar refractivity (Wildman–Crippen MR) is 143 cm³/mol. The number of aromatic nitrogens is 2. The number of hydrogen-bond acceptors (Lipinski definition) is 7. The summed E-state index contributed by atoms with van der Waals surface area (Å²) in [5.41, 5.74) is 6.14. The molecule has 5 rings (SSSR count). The van der Waals surface area contributed by atoms with E-state index in [0.29, 0.717) is 17.2 Å². The van der Waals surface area contributed by atoms with Gasteiger partial charge in [0.05, 0.1) is 44.6 Å². The molecular formula is C28H28N4O3S. The molecule has 2 aromatic carbocycles. The molecule has 2 heterocycles. The van der Waals surface area contributed by atoms with Gasteiger partial charge in [-0.1, -0.05) is 24.3 Å². The zero-order chi connectivity index (χ0) is 24.9. The highest BCUT2D eigenvalue weighted by Crippen LogP contribution is 2.41. The van der Waals surface area contributed by atoms with Crippen molar-refractivity contribution in [2.24, 2.45) is 10.1 Å². The average Bonchev–Trinajstić information content (AvgIpc) is 3.19. The fourth-order valence-corrected chi connectivity index (χ4v) is 5.27. The van der Waals surface area contributed by atoms with Gasteiger partial charge in [-0.05, 0) is 55.5 Å². The van der Waals surface area contributed by atoms with Gasteiger partial charge < -0.3 is 14.2 Å². The Morgan fingerprint density at radius 2 is 1.69 bits per heavy atom. The fraction of sp³-hybridized carbons (Fsp3) is 0.250. The van der Waals surface area contributed by atoms with E-state index >= 15 is 0 Å². The van der Waals surface area contributed by atoms with Crippen molar-refractivity contribution in [3.8, 4) is 28.5 Å². The smallest absolute Gasteiger partial charge is 0.211 e. The quantitative estimate of drug-likeness (QED) is 0.312. The number of hydrogen-bond donors (Lipinski definition) is 0. The summed E-state index contributed by atoms with van der Waals surface area (Å²) in [5, 5.41) is 7.28. The van der Waals surface area contributed by atoms with E-state index in [1.807, 2.05) is 28.9 Å². The molecule has 0 saturated carbocycles. The molecule has 1 aliphatic rings. The van der Waals surface area contributed by atoms with E-state index in [1.54, 1.807) is 33.7 Å². The second-order valence-electron chi connectivity index (χ2n) is 8.36. The monoisotopic (exact) mass is 500 g/mol. The van der Waals surface area contributed by atoms with E-state index in [0.717, 1.165) is 53.1 Å². The molecular weight excluding hydrogens is 472 g/mol. The molecule has 36 heavy (non-hydrogen) atoms. The number of nitrogens with zero attached hydrogens (tertiary/aromatic N) is 4. The van der Waals surface area contributed by atoms with Crippen LogP contribution in [0.3, 0.4) is 0 Å². The molecule has 7 nitrogen and oxygen atoms in total. The number of aryl methyl sites for hydroxylation is 1. The van der Waals surface area contributed by atoms with Crippen molar-refractivity contribution in [2.75, 3.05) is 21.3 Å². The summed E-state index contributed by atoms with van der Waals surface area (Å²) in [6.45, 7) is 0. The number of thiazole rings is 1. The number of pyridine rings is 1. The highest BCUT2D eigenvalue weighted by Gasteiger charge is 2.19. The number of benzene rings is 2. The summed E-state index contributed by atoms with van der Waals surface area (Å²) >= 11 is 1.53. The van der Waals surface area contributed by atoms with Crippen LogP contribution in [0.2, 0.25) is 0 Å². The van der Waals surface area contributed by atoms with Crippen molar-refractivity contribution in [1.82, 2.24) is 9.66 Å². The highest BCUT2D eigenvalue weighted by atomic mass is 32.1. The van der Waals surface area contributed by atoms with E-state index in [1.165, 1.54) is 22.5 Å². The minimum absolute atomic E-state index is 0.551. The van der Waals surface area contributed by atoms with Crippen LogP contribution in [0.5, 0.6) is 17.2 Å². The number of fused-ring (bicyclic) bond motifs is 1. The maximum absolute atomic E-state index is 5.62. The topological polar surface area (TPSA) is 70.2 Å². The Hall–Kier alpha value is -3.91. The van der Waals surface area contributed by atoms with E-state index in [2.05, 4.69) is 34.6 Å². The molecule has 0 atom stereocenters. The summed E-state index contributed by atoms with van der Waals surface area (Å²) in [6.07, 6.45) is 7.70. The van der Waals surface area contributed by atoms with Crippen LogP contribution in [0, 0.1) is 0 Å². The lowest BCUT2D eigenvalue weighted by Gasteiger charge is -2.15. The van der Waals surface area contributed by atoms with Gasteiger partial charge in [0.15, 0.2) is 11.5 Å². The van der Waals surface area contributed by atoms with Gasteiger partial charge in [-0.2, -0.15) is 5.10 Å². The minimum Gasteiger partial charge on any atom is -0.493 e. The summed E-state index contributed by atoms with van der Waals surface area (Å²) in [5.74, 6) is 1.72. The van der Waals surface area contributed by atoms with E-state index in [9.17, 15) is 0 Å². The Balaban J connectivity index is 1.74. The van der Waals surface area contributed by atoms with Gasteiger partial charge in [-0.25, -0.2) is 9.67 Å². The third kappa shape index (κ3) is 4.77. The van der Waals surface area contributed by atoms with Crippen LogP contribution in [0.25, 0.3) is 11.3 Å². The SMILES string of the molecule is COc1cc(-c2csc(=Nc3cccnc3)n2N=C2CCCCc3ccccc32)cc(OC)c1OC. The largest absolute Gasteiger partial charge is 0.493 e. The molecule has 2 aromatic heterocycles. The first-order valence-corrected chi connectivity index (χ1v) is 12.7. The number of rotatable bonds is 6. The van der Waals surface area contributed by atoms with Crippen LogP contribution < -0.4 is 19.0 Å². The van der Waals surface area contributed by atoms with Crippen LogP contribution in [0.4, 0.5) is 5.69 Å². The Morgan fingerprint density at radius 3 is 2.42 bits per heavy atom. The van der Waals surface area contributed by atoms with Gasteiger partial charge in [0, 0.05) is 22.7 Å². The molecule has 1 aliphatic carbocycles. The molecule has 0 saturated heterocycles. The number of methoxy groups -OCH3 is 3. The molecule has 0 aliphatic heterocycles.